The Morgan fingerprint density at radius 3 is 2.23 bits per heavy atom. The smallest absolute Gasteiger partial charge is 0.416 e. The van der Waals surface area contributed by atoms with Gasteiger partial charge in [-0.05, 0) is 48.4 Å². The lowest BCUT2D eigenvalue weighted by molar-refractivity contribution is -0.137. The van der Waals surface area contributed by atoms with Gasteiger partial charge in [-0.1, -0.05) is 36.4 Å². The molecule has 30 heavy (non-hydrogen) atoms. The van der Waals surface area contributed by atoms with Crippen molar-refractivity contribution < 1.29 is 27.9 Å². The van der Waals surface area contributed by atoms with Crippen LogP contribution in [-0.2, 0) is 12.6 Å². The first-order chi connectivity index (χ1) is 14.3. The maximum atomic E-state index is 12.9. The molecule has 0 spiro atoms. The molecular weight excluding hydrogens is 395 g/mol. The van der Waals surface area contributed by atoms with Crippen LogP contribution in [0.3, 0.4) is 0 Å². The molecule has 0 heterocycles. The SMILES string of the molecule is O=C(O)c1ccccc1CCC(=O)c1ccccc1Nc1cccc(C(F)(F)F)c1. The van der Waals surface area contributed by atoms with E-state index < -0.39 is 17.7 Å². The lowest BCUT2D eigenvalue weighted by Gasteiger charge is -2.13. The number of carboxylic acids is 1. The van der Waals surface area contributed by atoms with E-state index >= 15 is 0 Å². The third kappa shape index (κ3) is 5.05. The minimum Gasteiger partial charge on any atom is -0.478 e. The fourth-order valence-electron chi connectivity index (χ4n) is 3.09. The minimum absolute atomic E-state index is 0.0611. The summed E-state index contributed by atoms with van der Waals surface area (Å²) in [6, 6.07) is 17.7. The first-order valence-corrected chi connectivity index (χ1v) is 9.13. The Balaban J connectivity index is 1.79. The molecule has 0 aliphatic carbocycles. The standard InChI is InChI=1S/C23H18F3NO3/c24-23(25,26)16-7-5-8-17(14-16)27-20-11-4-3-10-19(20)21(28)13-12-15-6-1-2-9-18(15)22(29)30/h1-11,14,27H,12-13H2,(H,29,30). The van der Waals surface area contributed by atoms with Crippen molar-refractivity contribution in [2.24, 2.45) is 0 Å². The van der Waals surface area contributed by atoms with Crippen molar-refractivity contribution in [2.45, 2.75) is 19.0 Å². The van der Waals surface area contributed by atoms with Crippen molar-refractivity contribution >= 4 is 23.1 Å². The highest BCUT2D eigenvalue weighted by Crippen LogP contribution is 2.32. The average Bonchev–Trinajstić information content (AvgIpc) is 2.72. The summed E-state index contributed by atoms with van der Waals surface area (Å²) < 4.78 is 38.8. The fourth-order valence-corrected chi connectivity index (χ4v) is 3.09. The molecule has 0 radical (unpaired) electrons. The van der Waals surface area contributed by atoms with Gasteiger partial charge in [-0.25, -0.2) is 4.79 Å². The highest BCUT2D eigenvalue weighted by atomic mass is 19.4. The van der Waals surface area contributed by atoms with Crippen molar-refractivity contribution in [3.63, 3.8) is 0 Å². The molecule has 7 heteroatoms. The van der Waals surface area contributed by atoms with Crippen molar-refractivity contribution in [3.8, 4) is 0 Å². The highest BCUT2D eigenvalue weighted by molar-refractivity contribution is 6.02. The summed E-state index contributed by atoms with van der Waals surface area (Å²) >= 11 is 0. The number of carbonyl (C=O) groups excluding carboxylic acids is 1. The number of ketones is 1. The van der Waals surface area contributed by atoms with Crippen LogP contribution in [-0.4, -0.2) is 16.9 Å². The lowest BCUT2D eigenvalue weighted by atomic mass is 9.98. The van der Waals surface area contributed by atoms with Gasteiger partial charge in [-0.3, -0.25) is 4.79 Å². The Bertz CT molecular complexity index is 1080. The first-order valence-electron chi connectivity index (χ1n) is 9.13. The number of aryl methyl sites for hydroxylation is 1. The summed E-state index contributed by atoms with van der Waals surface area (Å²) in [5.74, 6) is -1.31. The second-order valence-corrected chi connectivity index (χ2v) is 6.63. The maximum Gasteiger partial charge on any atom is 0.416 e. The molecule has 0 unspecified atom stereocenters. The van der Waals surface area contributed by atoms with Crippen molar-refractivity contribution in [2.75, 3.05) is 5.32 Å². The van der Waals surface area contributed by atoms with Gasteiger partial charge >= 0.3 is 12.1 Å². The molecule has 3 aromatic carbocycles. The Morgan fingerprint density at radius 2 is 1.53 bits per heavy atom. The molecule has 0 atom stereocenters. The summed E-state index contributed by atoms with van der Waals surface area (Å²) in [5.41, 5.74) is 0.807. The molecule has 0 saturated carbocycles. The van der Waals surface area contributed by atoms with Crippen LogP contribution >= 0.6 is 0 Å². The topological polar surface area (TPSA) is 66.4 Å². The number of hydrogen-bond donors (Lipinski definition) is 2. The van der Waals surface area contributed by atoms with Gasteiger partial charge in [0.15, 0.2) is 5.78 Å². The molecule has 0 amide bonds. The van der Waals surface area contributed by atoms with E-state index in [1.54, 1.807) is 42.5 Å². The molecule has 2 N–H and O–H groups in total. The Kier molecular flexibility index (Phi) is 6.20. The van der Waals surface area contributed by atoms with Crippen molar-refractivity contribution in [1.29, 1.82) is 0 Å². The number of carboxylic acid groups (broad SMARTS) is 1. The Morgan fingerprint density at radius 1 is 0.867 bits per heavy atom. The number of nitrogens with one attached hydrogen (secondary N) is 1. The highest BCUT2D eigenvalue weighted by Gasteiger charge is 2.30. The van der Waals surface area contributed by atoms with E-state index in [2.05, 4.69) is 5.32 Å². The van der Waals surface area contributed by atoms with Crippen LogP contribution in [0.15, 0.2) is 72.8 Å². The molecule has 0 aliphatic rings. The molecule has 0 aliphatic heterocycles. The van der Waals surface area contributed by atoms with Crippen LogP contribution in [0.2, 0.25) is 0 Å². The third-order valence-corrected chi connectivity index (χ3v) is 4.57. The van der Waals surface area contributed by atoms with E-state index in [1.807, 2.05) is 0 Å². The molecule has 0 bridgehead atoms. The zero-order valence-corrected chi connectivity index (χ0v) is 15.7. The minimum atomic E-state index is -4.47. The van der Waals surface area contributed by atoms with Crippen LogP contribution in [0.25, 0.3) is 0 Å². The summed E-state index contributed by atoms with van der Waals surface area (Å²) in [6.45, 7) is 0. The second-order valence-electron chi connectivity index (χ2n) is 6.63. The second kappa shape index (κ2) is 8.82. The number of alkyl halides is 3. The summed E-state index contributed by atoms with van der Waals surface area (Å²) in [6.07, 6.45) is -4.17. The number of para-hydroxylation sites is 1. The summed E-state index contributed by atoms with van der Waals surface area (Å²) in [4.78, 5) is 24.1. The predicted molar refractivity (Wildman–Crippen MR) is 107 cm³/mol. The number of hydrogen-bond acceptors (Lipinski definition) is 3. The third-order valence-electron chi connectivity index (χ3n) is 4.57. The monoisotopic (exact) mass is 413 g/mol. The summed E-state index contributed by atoms with van der Waals surface area (Å²) in [7, 11) is 0. The Labute approximate surface area is 171 Å². The number of aromatic carboxylic acids is 1. The largest absolute Gasteiger partial charge is 0.478 e. The molecule has 0 aromatic heterocycles. The van der Waals surface area contributed by atoms with E-state index in [-0.39, 0.29) is 29.9 Å². The van der Waals surface area contributed by atoms with Crippen LogP contribution in [0.4, 0.5) is 24.5 Å². The van der Waals surface area contributed by atoms with Gasteiger partial charge in [0, 0.05) is 23.4 Å². The molecule has 3 aromatic rings. The van der Waals surface area contributed by atoms with E-state index in [1.165, 1.54) is 18.2 Å². The van der Waals surface area contributed by atoms with E-state index in [4.69, 9.17) is 0 Å². The van der Waals surface area contributed by atoms with Crippen LogP contribution < -0.4 is 5.32 Å². The molecule has 0 saturated heterocycles. The normalized spacial score (nSPS) is 11.2. The van der Waals surface area contributed by atoms with Crippen LogP contribution in [0.5, 0.6) is 0 Å². The fraction of sp³-hybridized carbons (Fsp3) is 0.130. The number of benzene rings is 3. The van der Waals surface area contributed by atoms with E-state index in [0.29, 0.717) is 16.8 Å². The predicted octanol–water partition coefficient (Wildman–Crippen LogP) is 5.96. The van der Waals surface area contributed by atoms with Gasteiger partial charge in [-0.15, -0.1) is 0 Å². The number of rotatable bonds is 7. The number of carbonyl (C=O) groups is 2. The van der Waals surface area contributed by atoms with Gasteiger partial charge in [-0.2, -0.15) is 13.2 Å². The number of Topliss-reactive ketones (excluding diaryl/α,β-unsaturated/α-hetero) is 1. The van der Waals surface area contributed by atoms with Gasteiger partial charge in [0.25, 0.3) is 0 Å². The number of halogens is 3. The van der Waals surface area contributed by atoms with Crippen LogP contribution in [0, 0.1) is 0 Å². The first kappa shape index (κ1) is 21.1. The molecule has 4 nitrogen and oxygen atoms in total. The Hall–Kier alpha value is -3.61. The van der Waals surface area contributed by atoms with Gasteiger partial charge < -0.3 is 10.4 Å². The molecule has 0 fully saturated rings. The van der Waals surface area contributed by atoms with Crippen molar-refractivity contribution in [3.05, 3.63) is 95.1 Å². The average molecular weight is 413 g/mol. The zero-order chi connectivity index (χ0) is 21.7. The maximum absolute atomic E-state index is 12.9. The van der Waals surface area contributed by atoms with Crippen LogP contribution in [0.1, 0.15) is 38.3 Å². The zero-order valence-electron chi connectivity index (χ0n) is 15.7. The van der Waals surface area contributed by atoms with Gasteiger partial charge in [0.1, 0.15) is 0 Å². The quantitative estimate of drug-likeness (QED) is 0.469. The van der Waals surface area contributed by atoms with Gasteiger partial charge in [0.2, 0.25) is 0 Å². The van der Waals surface area contributed by atoms with E-state index in [9.17, 15) is 27.9 Å². The van der Waals surface area contributed by atoms with Crippen molar-refractivity contribution in [1.82, 2.24) is 0 Å². The molecule has 3 rings (SSSR count). The molecule has 154 valence electrons. The van der Waals surface area contributed by atoms with Gasteiger partial charge in [0.05, 0.1) is 11.1 Å². The molecular formula is C23H18F3NO3. The summed E-state index contributed by atoms with van der Waals surface area (Å²) in [5, 5.41) is 12.1. The lowest BCUT2D eigenvalue weighted by Crippen LogP contribution is -2.08. The number of anilines is 2. The van der Waals surface area contributed by atoms with E-state index in [0.717, 1.165) is 12.1 Å².